The lowest BCUT2D eigenvalue weighted by Crippen LogP contribution is -2.41. The topological polar surface area (TPSA) is 150 Å². The van der Waals surface area contributed by atoms with Gasteiger partial charge in [0, 0.05) is 17.0 Å². The van der Waals surface area contributed by atoms with Crippen LogP contribution in [0.2, 0.25) is 0 Å². The van der Waals surface area contributed by atoms with Crippen LogP contribution in [0.1, 0.15) is 35.9 Å². The number of hydrogen-bond donors (Lipinski definition) is 3. The predicted molar refractivity (Wildman–Crippen MR) is 154 cm³/mol. The Labute approximate surface area is 237 Å². The fourth-order valence-corrected chi connectivity index (χ4v) is 9.90. The summed E-state index contributed by atoms with van der Waals surface area (Å²) in [6.45, 7) is 3.31. The third kappa shape index (κ3) is 4.55. The molecule has 3 N–H and O–H groups in total. The summed E-state index contributed by atoms with van der Waals surface area (Å²) >= 11 is 0. The van der Waals surface area contributed by atoms with Gasteiger partial charge in [0.2, 0.25) is 5.91 Å². The molecule has 6 rings (SSSR count). The lowest BCUT2D eigenvalue weighted by atomic mass is 9.97. The zero-order chi connectivity index (χ0) is 28.6. The smallest absolute Gasteiger partial charge is 0.345 e. The number of H-pyrrole nitrogens is 1. The van der Waals surface area contributed by atoms with Gasteiger partial charge in [-0.15, -0.1) is 0 Å². The number of para-hydroxylation sites is 1. The van der Waals surface area contributed by atoms with Crippen molar-refractivity contribution in [2.75, 3.05) is 13.1 Å². The van der Waals surface area contributed by atoms with Crippen LogP contribution in [0.5, 0.6) is 11.5 Å². The van der Waals surface area contributed by atoms with Crippen LogP contribution in [0.25, 0.3) is 10.9 Å². The van der Waals surface area contributed by atoms with Crippen molar-refractivity contribution in [3.05, 3.63) is 82.5 Å². The second-order valence-corrected chi connectivity index (χ2v) is 13.2. The molecule has 0 radical (unpaired) electrons. The maximum Gasteiger partial charge on any atom is 0.345 e. The molecule has 2 atom stereocenters. The first-order chi connectivity index (χ1) is 19.9. The van der Waals surface area contributed by atoms with Gasteiger partial charge in [0.05, 0.1) is 22.7 Å². The normalized spacial score (nSPS) is 21.5. The summed E-state index contributed by atoms with van der Waals surface area (Å²) in [6, 6.07) is 18.4. The number of carbonyl (C=O) groups is 2. The minimum atomic E-state index is -2.89. The maximum atomic E-state index is 14.3. The minimum Gasteiger partial charge on any atom is -0.457 e. The maximum absolute atomic E-state index is 14.3. The van der Waals surface area contributed by atoms with Crippen LogP contribution in [0.15, 0.2) is 75.5 Å². The lowest BCUT2D eigenvalue weighted by Gasteiger charge is -2.41. The second-order valence-electron chi connectivity index (χ2n) is 10.1. The third-order valence-electron chi connectivity index (χ3n) is 7.59. The van der Waals surface area contributed by atoms with E-state index in [4.69, 9.17) is 9.72 Å². The Hall–Kier alpha value is -4.53. The van der Waals surface area contributed by atoms with E-state index in [0.717, 1.165) is 5.56 Å². The Morgan fingerprint density at radius 2 is 1.90 bits per heavy atom. The molecular formula is C30H28N6O4S. The number of carbonyl (C=O) groups excluding carboxylic acids is 2. The number of nitriles is 1. The predicted octanol–water partition coefficient (Wildman–Crippen LogP) is 4.21. The molecule has 1 saturated heterocycles. The Kier molecular flexibility index (Phi) is 7.03. The number of hydrogen-bond acceptors (Lipinski definition) is 8. The number of nitrogens with one attached hydrogen (secondary N) is 3. The van der Waals surface area contributed by atoms with Crippen LogP contribution in [-0.4, -0.2) is 39.1 Å². The number of aromatic amines is 1. The van der Waals surface area contributed by atoms with Crippen molar-refractivity contribution in [2.24, 2.45) is 5.92 Å². The van der Waals surface area contributed by atoms with Gasteiger partial charge in [-0.25, -0.2) is 9.78 Å². The van der Waals surface area contributed by atoms with E-state index in [2.05, 4.69) is 20.6 Å². The van der Waals surface area contributed by atoms with Crippen LogP contribution in [0.4, 0.5) is 0 Å². The molecule has 2 aromatic heterocycles. The SMILES string of the molecule is Cc1cc(Oc2ccccc2)ccc1S1(C(=O)CC#N)c2nccc3nc(=O)[nH]c(c23)C1NC(=O)C1CCNCC1. The second kappa shape index (κ2) is 10.8. The van der Waals surface area contributed by atoms with Crippen molar-refractivity contribution in [2.45, 2.75) is 41.5 Å². The van der Waals surface area contributed by atoms with Crippen molar-refractivity contribution < 1.29 is 14.3 Å². The molecule has 1 amide bonds. The third-order valence-corrected chi connectivity index (χ3v) is 11.6. The van der Waals surface area contributed by atoms with Crippen molar-refractivity contribution in [3.63, 3.8) is 0 Å². The Bertz CT molecular complexity index is 1760. The average molecular weight is 569 g/mol. The fourth-order valence-electron chi connectivity index (χ4n) is 5.76. The quantitative estimate of drug-likeness (QED) is 0.313. The summed E-state index contributed by atoms with van der Waals surface area (Å²) in [5, 5.41) is 15.8. The molecule has 41 heavy (non-hydrogen) atoms. The van der Waals surface area contributed by atoms with Crippen molar-refractivity contribution >= 4 is 32.0 Å². The van der Waals surface area contributed by atoms with E-state index in [1.807, 2.05) is 55.5 Å². The van der Waals surface area contributed by atoms with Crippen LogP contribution in [0.3, 0.4) is 0 Å². The number of ether oxygens (including phenoxy) is 1. The van der Waals surface area contributed by atoms with E-state index < -0.39 is 21.1 Å². The molecule has 2 aliphatic rings. The highest BCUT2D eigenvalue weighted by Gasteiger charge is 2.53. The molecule has 1 fully saturated rings. The number of benzene rings is 2. The van der Waals surface area contributed by atoms with Gasteiger partial charge in [-0.3, -0.25) is 9.59 Å². The van der Waals surface area contributed by atoms with Gasteiger partial charge < -0.3 is 20.4 Å². The van der Waals surface area contributed by atoms with E-state index in [1.165, 1.54) is 6.20 Å². The fraction of sp³-hybridized carbons (Fsp3) is 0.267. The molecule has 2 aliphatic heterocycles. The van der Waals surface area contributed by atoms with E-state index >= 15 is 0 Å². The molecule has 208 valence electrons. The van der Waals surface area contributed by atoms with Crippen LogP contribution in [-0.2, 0) is 9.59 Å². The van der Waals surface area contributed by atoms with Gasteiger partial charge in [-0.05, 0) is 74.8 Å². The molecule has 11 heteroatoms. The first-order valence-corrected chi connectivity index (χ1v) is 15.1. The molecule has 4 aromatic rings. The molecule has 0 aliphatic carbocycles. The average Bonchev–Trinajstić information content (AvgIpc) is 3.25. The highest BCUT2D eigenvalue weighted by Crippen LogP contribution is 2.76. The molecule has 2 aromatic carbocycles. The molecule has 0 bridgehead atoms. The summed E-state index contributed by atoms with van der Waals surface area (Å²) in [5.41, 5.74) is 0.936. The minimum absolute atomic E-state index is 0.196. The molecule has 10 nitrogen and oxygen atoms in total. The van der Waals surface area contributed by atoms with Crippen molar-refractivity contribution in [1.29, 1.82) is 5.26 Å². The first kappa shape index (κ1) is 26.7. The molecular weight excluding hydrogens is 540 g/mol. The number of rotatable bonds is 6. The summed E-state index contributed by atoms with van der Waals surface area (Å²) in [7, 11) is -2.89. The number of amides is 1. The summed E-state index contributed by atoms with van der Waals surface area (Å²) in [4.78, 5) is 53.0. The highest BCUT2D eigenvalue weighted by atomic mass is 32.3. The van der Waals surface area contributed by atoms with E-state index in [1.54, 1.807) is 12.1 Å². The Morgan fingerprint density at radius 1 is 1.12 bits per heavy atom. The first-order valence-electron chi connectivity index (χ1n) is 13.4. The van der Waals surface area contributed by atoms with Gasteiger partial charge in [-0.2, -0.15) is 10.2 Å². The monoisotopic (exact) mass is 568 g/mol. The molecule has 0 spiro atoms. The van der Waals surface area contributed by atoms with E-state index in [0.29, 0.717) is 63.9 Å². The Balaban J connectivity index is 1.55. The largest absolute Gasteiger partial charge is 0.457 e. The van der Waals surface area contributed by atoms with Gasteiger partial charge in [0.1, 0.15) is 28.3 Å². The zero-order valence-electron chi connectivity index (χ0n) is 22.3. The standard InChI is InChI=1S/C30H28N6O4S/c1-18-17-21(40-20-5-3-2-4-6-20)7-8-23(18)41(24(37)9-13-31)28-25-22(12-16-33-28)34-30(39)35-26(25)29(41)36-27(38)19-10-14-32-15-11-19/h2-8,12,16-17,19,29,32H,9-11,14-15H2,1H3,(H,36,38)(H,34,35,39). The highest BCUT2D eigenvalue weighted by molar-refractivity contribution is 8.45. The summed E-state index contributed by atoms with van der Waals surface area (Å²) in [6.07, 6.45) is 2.45. The number of nitrogens with zero attached hydrogens (tertiary/aromatic N) is 3. The van der Waals surface area contributed by atoms with Crippen LogP contribution < -0.4 is 21.1 Å². The lowest BCUT2D eigenvalue weighted by molar-refractivity contribution is -0.126. The van der Waals surface area contributed by atoms with Crippen LogP contribution in [0, 0.1) is 24.2 Å². The van der Waals surface area contributed by atoms with Gasteiger partial charge in [0.25, 0.3) is 0 Å². The number of aromatic nitrogens is 3. The zero-order valence-corrected chi connectivity index (χ0v) is 23.2. The number of aryl methyl sites for hydroxylation is 1. The van der Waals surface area contributed by atoms with Gasteiger partial charge in [0.15, 0.2) is 5.12 Å². The summed E-state index contributed by atoms with van der Waals surface area (Å²) in [5.74, 6) is 0.797. The van der Waals surface area contributed by atoms with E-state index in [-0.39, 0.29) is 23.4 Å². The Morgan fingerprint density at radius 3 is 2.63 bits per heavy atom. The molecule has 4 heterocycles. The van der Waals surface area contributed by atoms with E-state index in [9.17, 15) is 19.6 Å². The number of piperidine rings is 1. The van der Waals surface area contributed by atoms with Gasteiger partial charge in [-0.1, -0.05) is 28.2 Å². The molecule has 2 unspecified atom stereocenters. The van der Waals surface area contributed by atoms with Crippen molar-refractivity contribution in [1.82, 2.24) is 25.6 Å². The number of pyridine rings is 1. The van der Waals surface area contributed by atoms with Crippen molar-refractivity contribution in [3.8, 4) is 17.6 Å². The molecule has 0 saturated carbocycles. The summed E-state index contributed by atoms with van der Waals surface area (Å²) < 4.78 is 6.05. The van der Waals surface area contributed by atoms with Crippen LogP contribution >= 0.6 is 10.0 Å². The van der Waals surface area contributed by atoms with Gasteiger partial charge >= 0.3 is 5.69 Å².